The van der Waals surface area contributed by atoms with Crippen molar-refractivity contribution in [3.05, 3.63) is 33.6 Å². The summed E-state index contributed by atoms with van der Waals surface area (Å²) in [5.74, 6) is -3.63. The molecule has 8 nitrogen and oxygen atoms in total. The number of hydrogen-bond acceptors (Lipinski definition) is 6. The molecule has 0 bridgehead atoms. The summed E-state index contributed by atoms with van der Waals surface area (Å²) in [5.41, 5.74) is 2.57. The largest absolute Gasteiger partial charge is 0.477 e. The molecule has 0 amide bonds. The molecule has 5 rings (SSSR count). The van der Waals surface area contributed by atoms with E-state index in [0.717, 1.165) is 23.6 Å². The van der Waals surface area contributed by atoms with Crippen LogP contribution in [0.15, 0.2) is 11.0 Å². The monoisotopic (exact) mass is 466 g/mol. The van der Waals surface area contributed by atoms with Gasteiger partial charge >= 0.3 is 5.97 Å². The number of β-amino-alcohol motifs (C(OH)–C–C–N with tert-alkyl or cyclic N) is 1. The Morgan fingerprint density at radius 3 is 2.58 bits per heavy atom. The minimum Gasteiger partial charge on any atom is -0.477 e. The van der Waals surface area contributed by atoms with Gasteiger partial charge in [0.25, 0.3) is 0 Å². The number of carboxylic acids is 1. The number of benzene rings is 1. The lowest BCUT2D eigenvalue weighted by atomic mass is 9.96. The number of aromatic carboxylic acids is 1. The fraction of sp³-hybridized carbons (Fsp3) is 0.545. The van der Waals surface area contributed by atoms with Crippen LogP contribution in [-0.2, 0) is 0 Å². The van der Waals surface area contributed by atoms with Gasteiger partial charge in [-0.2, -0.15) is 0 Å². The lowest BCUT2D eigenvalue weighted by Crippen LogP contribution is -2.41. The van der Waals surface area contributed by atoms with Crippen LogP contribution in [0.5, 0.6) is 0 Å². The maximum absolute atomic E-state index is 15.9. The Hall–Kier alpha value is -2.79. The second-order valence-corrected chi connectivity index (χ2v) is 9.26. The van der Waals surface area contributed by atoms with Gasteiger partial charge in [-0.15, -0.1) is 0 Å². The first-order chi connectivity index (χ1) is 15.7. The first-order valence-corrected chi connectivity index (χ1v) is 11.0. The van der Waals surface area contributed by atoms with Gasteiger partial charge in [0.2, 0.25) is 5.43 Å². The molecule has 33 heavy (non-hydrogen) atoms. The summed E-state index contributed by atoms with van der Waals surface area (Å²) in [7, 11) is 0. The van der Waals surface area contributed by atoms with Gasteiger partial charge in [0.05, 0.1) is 29.2 Å². The number of carbonyl (C=O) groups is 1. The number of nitrogen functional groups attached to an aromatic ring is 1. The van der Waals surface area contributed by atoms with Crippen molar-refractivity contribution in [3.63, 3.8) is 0 Å². The van der Waals surface area contributed by atoms with E-state index in [-0.39, 0.29) is 35.7 Å². The number of fused-ring (bicyclic) bond motifs is 1. The standard InChI is InChI=1S/C22H25F3N4O4/c23-12-7-13(12)29-9-11(21(32)33)20(31)14-17(26)15(24)19(16(25)18(14)29)28-5-1-10(8-28)22(2-3-22)27-4-6-30/h9-10,12-13,27,30H,1-8,26H2,(H,32,33)/t10-,12+,13?/m1/s1. The van der Waals surface area contributed by atoms with Gasteiger partial charge in [-0.3, -0.25) is 4.79 Å². The number of carboxylic acid groups (broad SMARTS) is 1. The highest BCUT2D eigenvalue weighted by atomic mass is 19.1. The van der Waals surface area contributed by atoms with E-state index in [9.17, 15) is 19.1 Å². The van der Waals surface area contributed by atoms with E-state index < -0.39 is 51.9 Å². The molecule has 178 valence electrons. The first kappa shape index (κ1) is 22.0. The highest BCUT2D eigenvalue weighted by Crippen LogP contribution is 2.48. The lowest BCUT2D eigenvalue weighted by molar-refractivity contribution is 0.0694. The fourth-order valence-electron chi connectivity index (χ4n) is 5.27. The van der Waals surface area contributed by atoms with Crippen molar-refractivity contribution in [2.24, 2.45) is 5.92 Å². The van der Waals surface area contributed by atoms with Gasteiger partial charge in [0.15, 0.2) is 11.6 Å². The molecule has 2 aliphatic carbocycles. The predicted molar refractivity (Wildman–Crippen MR) is 115 cm³/mol. The van der Waals surface area contributed by atoms with E-state index in [1.165, 1.54) is 0 Å². The van der Waals surface area contributed by atoms with Crippen LogP contribution >= 0.6 is 0 Å². The number of nitrogens with zero attached hydrogens (tertiary/aromatic N) is 2. The summed E-state index contributed by atoms with van der Waals surface area (Å²) in [6.45, 7) is 1.14. The maximum Gasteiger partial charge on any atom is 0.341 e. The van der Waals surface area contributed by atoms with Crippen LogP contribution in [-0.4, -0.2) is 58.7 Å². The second kappa shape index (κ2) is 7.63. The molecule has 2 heterocycles. The van der Waals surface area contributed by atoms with Crippen molar-refractivity contribution >= 4 is 28.2 Å². The summed E-state index contributed by atoms with van der Waals surface area (Å²) >= 11 is 0. The number of aliphatic hydroxyl groups is 1. The summed E-state index contributed by atoms with van der Waals surface area (Å²) in [6.07, 6.45) is 2.13. The average molecular weight is 466 g/mol. The Morgan fingerprint density at radius 2 is 2.00 bits per heavy atom. The van der Waals surface area contributed by atoms with E-state index in [2.05, 4.69) is 5.32 Å². The van der Waals surface area contributed by atoms with Crippen molar-refractivity contribution in [3.8, 4) is 0 Å². The van der Waals surface area contributed by atoms with Crippen LogP contribution in [0.3, 0.4) is 0 Å². The fourth-order valence-corrected chi connectivity index (χ4v) is 5.27. The number of alkyl halides is 1. The molecule has 11 heteroatoms. The molecule has 5 N–H and O–H groups in total. The van der Waals surface area contributed by atoms with Crippen molar-refractivity contribution in [1.82, 2.24) is 9.88 Å². The lowest BCUT2D eigenvalue weighted by Gasteiger charge is -2.26. The number of aliphatic hydroxyl groups excluding tert-OH is 1. The second-order valence-electron chi connectivity index (χ2n) is 9.26. The molecule has 1 aromatic carbocycles. The Balaban J connectivity index is 1.62. The van der Waals surface area contributed by atoms with Gasteiger partial charge in [-0.25, -0.2) is 18.0 Å². The molecule has 3 fully saturated rings. The van der Waals surface area contributed by atoms with E-state index in [1.807, 2.05) is 0 Å². The zero-order valence-electron chi connectivity index (χ0n) is 17.8. The van der Waals surface area contributed by atoms with Crippen molar-refractivity contribution < 1.29 is 28.2 Å². The molecule has 1 saturated heterocycles. The van der Waals surface area contributed by atoms with E-state index in [1.54, 1.807) is 4.90 Å². The molecular formula is C22H25F3N4O4. The third-order valence-corrected chi connectivity index (χ3v) is 7.30. The Kier molecular flexibility index (Phi) is 5.09. The zero-order valence-corrected chi connectivity index (χ0v) is 17.8. The Bertz CT molecular complexity index is 1210. The zero-order chi connectivity index (χ0) is 23.7. The third kappa shape index (κ3) is 3.36. The van der Waals surface area contributed by atoms with E-state index in [0.29, 0.717) is 26.1 Å². The molecule has 2 aromatic rings. The van der Waals surface area contributed by atoms with Gasteiger partial charge in [-0.1, -0.05) is 0 Å². The molecule has 0 radical (unpaired) electrons. The van der Waals surface area contributed by atoms with Crippen LogP contribution in [0.1, 0.15) is 42.1 Å². The molecule has 1 unspecified atom stereocenters. The smallest absolute Gasteiger partial charge is 0.341 e. The number of halogens is 3. The predicted octanol–water partition coefficient (Wildman–Crippen LogP) is 1.78. The molecule has 1 aliphatic heterocycles. The molecule has 1 aromatic heterocycles. The van der Waals surface area contributed by atoms with Crippen molar-refractivity contribution in [2.75, 3.05) is 36.9 Å². The Morgan fingerprint density at radius 1 is 1.30 bits per heavy atom. The maximum atomic E-state index is 15.9. The average Bonchev–Trinajstić information content (AvgIpc) is 3.67. The minimum absolute atomic E-state index is 0.00472. The quantitative estimate of drug-likeness (QED) is 0.459. The van der Waals surface area contributed by atoms with Crippen molar-refractivity contribution in [2.45, 2.75) is 43.4 Å². The molecule has 2 saturated carbocycles. The number of nitrogens with two attached hydrogens (primary N) is 1. The number of rotatable bonds is 7. The third-order valence-electron chi connectivity index (χ3n) is 7.30. The number of hydrogen-bond donors (Lipinski definition) is 4. The number of anilines is 2. The van der Waals surface area contributed by atoms with E-state index >= 15 is 8.78 Å². The highest BCUT2D eigenvalue weighted by Gasteiger charge is 2.51. The van der Waals surface area contributed by atoms with Crippen LogP contribution in [0.25, 0.3) is 10.9 Å². The van der Waals surface area contributed by atoms with Crippen LogP contribution in [0.2, 0.25) is 0 Å². The molecule has 3 aliphatic rings. The number of nitrogens with one attached hydrogen (secondary N) is 1. The highest BCUT2D eigenvalue weighted by molar-refractivity contribution is 5.99. The number of aromatic nitrogens is 1. The topological polar surface area (TPSA) is 121 Å². The number of pyridine rings is 1. The first-order valence-electron chi connectivity index (χ1n) is 11.0. The molecular weight excluding hydrogens is 441 g/mol. The summed E-state index contributed by atoms with van der Waals surface area (Å²) in [4.78, 5) is 25.8. The molecule has 3 atom stereocenters. The summed E-state index contributed by atoms with van der Waals surface area (Å²) in [6, 6.07) is -0.845. The van der Waals surface area contributed by atoms with Gasteiger partial charge in [-0.05, 0) is 25.2 Å². The van der Waals surface area contributed by atoms with Crippen LogP contribution in [0, 0.1) is 17.6 Å². The van der Waals surface area contributed by atoms with E-state index in [4.69, 9.17) is 10.8 Å². The van der Waals surface area contributed by atoms with Gasteiger partial charge in [0.1, 0.15) is 17.4 Å². The van der Waals surface area contributed by atoms with Crippen LogP contribution < -0.4 is 21.4 Å². The normalized spacial score (nSPS) is 25.6. The van der Waals surface area contributed by atoms with Gasteiger partial charge < -0.3 is 30.7 Å². The van der Waals surface area contributed by atoms with Crippen LogP contribution in [0.4, 0.5) is 24.5 Å². The molecule has 0 spiro atoms. The Labute approximate surface area is 186 Å². The summed E-state index contributed by atoms with van der Waals surface area (Å²) in [5, 5.41) is 21.3. The minimum atomic E-state index is -1.58. The van der Waals surface area contributed by atoms with Gasteiger partial charge in [0, 0.05) is 37.8 Å². The van der Waals surface area contributed by atoms with Crippen molar-refractivity contribution in [1.29, 1.82) is 0 Å². The SMILES string of the molecule is Nc1c(F)c(N2CC[C@@H](C3(NCCO)CC3)C2)c(F)c2c1c(=O)c(C(=O)O)cn2C1C[C@@H]1F. The summed E-state index contributed by atoms with van der Waals surface area (Å²) < 4.78 is 46.3.